The van der Waals surface area contributed by atoms with Crippen LogP contribution < -0.4 is 9.64 Å². The molecular formula is C17H21F2N3O3. The molecule has 2 fully saturated rings. The fourth-order valence-electron chi connectivity index (χ4n) is 3.36. The fourth-order valence-corrected chi connectivity index (χ4v) is 3.36. The van der Waals surface area contributed by atoms with Gasteiger partial charge in [-0.3, -0.25) is 9.59 Å². The lowest BCUT2D eigenvalue weighted by Crippen LogP contribution is -2.54. The van der Waals surface area contributed by atoms with Gasteiger partial charge in [-0.1, -0.05) is 0 Å². The Morgan fingerprint density at radius 2 is 2.04 bits per heavy atom. The van der Waals surface area contributed by atoms with Crippen molar-refractivity contribution < 1.29 is 23.1 Å². The highest BCUT2D eigenvalue weighted by Gasteiger charge is 2.40. The monoisotopic (exact) mass is 353 g/mol. The summed E-state index contributed by atoms with van der Waals surface area (Å²) in [5, 5.41) is 0. The maximum atomic E-state index is 13.2. The maximum Gasteiger partial charge on any atom is 0.248 e. The van der Waals surface area contributed by atoms with Gasteiger partial charge in [-0.25, -0.2) is 13.8 Å². The van der Waals surface area contributed by atoms with Crippen LogP contribution in [-0.4, -0.2) is 54.4 Å². The van der Waals surface area contributed by atoms with E-state index in [0.717, 1.165) is 0 Å². The number of carbonyl (C=O) groups is 2. The van der Waals surface area contributed by atoms with Crippen molar-refractivity contribution in [3.63, 3.8) is 0 Å². The van der Waals surface area contributed by atoms with E-state index in [1.807, 2.05) is 0 Å². The molecule has 0 radical (unpaired) electrons. The van der Waals surface area contributed by atoms with Crippen molar-refractivity contribution in [3.05, 3.63) is 18.3 Å². The first-order valence-electron chi connectivity index (χ1n) is 8.37. The lowest BCUT2D eigenvalue weighted by atomic mass is 9.86. The number of anilines is 1. The molecule has 25 heavy (non-hydrogen) atoms. The normalized spacial score (nSPS) is 21.3. The number of nitrogens with zero attached hydrogens (tertiary/aromatic N) is 3. The molecule has 0 bridgehead atoms. The average Bonchev–Trinajstić information content (AvgIpc) is 2.61. The standard InChI is InChI=1S/C17H21F2N3O3/c1-25-14-10-13(4-7-20-14)22-9-8-21(11-15(22)23)16(24)12-2-5-17(18,19)6-3-12/h4,7,10,12H,2-3,5-6,8-9,11H2,1H3. The van der Waals surface area contributed by atoms with Gasteiger partial charge < -0.3 is 14.5 Å². The van der Waals surface area contributed by atoms with E-state index in [9.17, 15) is 18.4 Å². The van der Waals surface area contributed by atoms with Crippen LogP contribution in [0, 0.1) is 5.92 Å². The molecule has 2 heterocycles. The predicted octanol–water partition coefficient (Wildman–Crippen LogP) is 2.09. The summed E-state index contributed by atoms with van der Waals surface area (Å²) in [6, 6.07) is 3.37. The molecule has 1 saturated carbocycles. The first-order chi connectivity index (χ1) is 11.9. The molecule has 1 aromatic heterocycles. The number of alkyl halides is 2. The number of hydrogen-bond donors (Lipinski definition) is 0. The topological polar surface area (TPSA) is 62.7 Å². The first kappa shape index (κ1) is 17.6. The predicted molar refractivity (Wildman–Crippen MR) is 86.6 cm³/mol. The molecule has 1 saturated heterocycles. The Morgan fingerprint density at radius 1 is 1.32 bits per heavy atom. The van der Waals surface area contributed by atoms with Gasteiger partial charge in [-0.05, 0) is 18.9 Å². The largest absolute Gasteiger partial charge is 0.481 e. The van der Waals surface area contributed by atoms with Crippen LogP contribution in [0.3, 0.4) is 0 Å². The summed E-state index contributed by atoms with van der Waals surface area (Å²) in [7, 11) is 1.50. The third-order valence-corrected chi connectivity index (χ3v) is 4.84. The van der Waals surface area contributed by atoms with E-state index >= 15 is 0 Å². The van der Waals surface area contributed by atoms with E-state index in [-0.39, 0.29) is 44.0 Å². The number of pyridine rings is 1. The molecule has 0 N–H and O–H groups in total. The molecule has 2 aliphatic rings. The highest BCUT2D eigenvalue weighted by Crippen LogP contribution is 2.37. The molecule has 1 aliphatic heterocycles. The van der Waals surface area contributed by atoms with Crippen molar-refractivity contribution in [2.24, 2.45) is 5.92 Å². The van der Waals surface area contributed by atoms with E-state index in [1.54, 1.807) is 23.2 Å². The van der Waals surface area contributed by atoms with Gasteiger partial charge in [0.15, 0.2) is 0 Å². The molecular weight excluding hydrogens is 332 g/mol. The fraction of sp³-hybridized carbons (Fsp3) is 0.588. The molecule has 0 spiro atoms. The Kier molecular flexibility index (Phi) is 4.87. The molecule has 6 nitrogen and oxygen atoms in total. The summed E-state index contributed by atoms with van der Waals surface area (Å²) in [6.07, 6.45) is 1.41. The molecule has 1 aromatic rings. The number of methoxy groups -OCH3 is 1. The molecule has 0 atom stereocenters. The maximum absolute atomic E-state index is 13.2. The second kappa shape index (κ2) is 6.93. The Hall–Kier alpha value is -2.25. The first-order valence-corrected chi connectivity index (χ1v) is 8.37. The zero-order valence-electron chi connectivity index (χ0n) is 14.1. The second-order valence-corrected chi connectivity index (χ2v) is 6.49. The van der Waals surface area contributed by atoms with Crippen LogP contribution in [0.5, 0.6) is 5.88 Å². The van der Waals surface area contributed by atoms with Crippen molar-refractivity contribution in [1.82, 2.24) is 9.88 Å². The molecule has 3 rings (SSSR count). The molecule has 1 aliphatic carbocycles. The number of halogens is 2. The third kappa shape index (κ3) is 3.88. The van der Waals surface area contributed by atoms with Crippen molar-refractivity contribution in [2.75, 3.05) is 31.6 Å². The number of ether oxygens (including phenoxy) is 1. The van der Waals surface area contributed by atoms with Gasteiger partial charge in [0, 0.05) is 44.1 Å². The van der Waals surface area contributed by atoms with Crippen LogP contribution in [0.1, 0.15) is 25.7 Å². The summed E-state index contributed by atoms with van der Waals surface area (Å²) in [4.78, 5) is 32.1. The summed E-state index contributed by atoms with van der Waals surface area (Å²) >= 11 is 0. The Bertz CT molecular complexity index is 658. The van der Waals surface area contributed by atoms with E-state index in [0.29, 0.717) is 24.7 Å². The quantitative estimate of drug-likeness (QED) is 0.835. The Balaban J connectivity index is 1.61. The third-order valence-electron chi connectivity index (χ3n) is 4.84. The van der Waals surface area contributed by atoms with Crippen LogP contribution in [-0.2, 0) is 9.59 Å². The van der Waals surface area contributed by atoms with Crippen LogP contribution >= 0.6 is 0 Å². The Labute approximate surface area is 144 Å². The van der Waals surface area contributed by atoms with E-state index in [1.165, 1.54) is 12.0 Å². The van der Waals surface area contributed by atoms with Crippen molar-refractivity contribution in [3.8, 4) is 5.88 Å². The number of hydrogen-bond acceptors (Lipinski definition) is 4. The number of carbonyl (C=O) groups excluding carboxylic acids is 2. The number of amides is 2. The van der Waals surface area contributed by atoms with Gasteiger partial charge in [0.25, 0.3) is 0 Å². The van der Waals surface area contributed by atoms with Crippen LogP contribution in [0.4, 0.5) is 14.5 Å². The zero-order chi connectivity index (χ0) is 18.0. The van der Waals surface area contributed by atoms with Crippen LogP contribution in [0.15, 0.2) is 18.3 Å². The minimum Gasteiger partial charge on any atom is -0.481 e. The number of aromatic nitrogens is 1. The van der Waals surface area contributed by atoms with Gasteiger partial charge in [0.2, 0.25) is 23.6 Å². The highest BCUT2D eigenvalue weighted by molar-refractivity contribution is 5.98. The smallest absolute Gasteiger partial charge is 0.248 e. The van der Waals surface area contributed by atoms with Gasteiger partial charge in [0.1, 0.15) is 6.54 Å². The molecule has 136 valence electrons. The van der Waals surface area contributed by atoms with Crippen molar-refractivity contribution in [2.45, 2.75) is 31.6 Å². The van der Waals surface area contributed by atoms with Crippen LogP contribution in [0.25, 0.3) is 0 Å². The van der Waals surface area contributed by atoms with Gasteiger partial charge >= 0.3 is 0 Å². The number of piperazine rings is 1. The molecule has 2 amide bonds. The van der Waals surface area contributed by atoms with Crippen molar-refractivity contribution in [1.29, 1.82) is 0 Å². The molecule has 0 unspecified atom stereocenters. The van der Waals surface area contributed by atoms with E-state index in [4.69, 9.17) is 4.74 Å². The van der Waals surface area contributed by atoms with Crippen molar-refractivity contribution >= 4 is 17.5 Å². The lowest BCUT2D eigenvalue weighted by molar-refractivity contribution is -0.143. The summed E-state index contributed by atoms with van der Waals surface area (Å²) in [5.41, 5.74) is 0.668. The second-order valence-electron chi connectivity index (χ2n) is 6.49. The van der Waals surface area contributed by atoms with Gasteiger partial charge in [0.05, 0.1) is 12.8 Å². The lowest BCUT2D eigenvalue weighted by Gasteiger charge is -2.37. The SMILES string of the molecule is COc1cc(N2CCN(C(=O)C3CCC(F)(F)CC3)CC2=O)ccn1. The van der Waals surface area contributed by atoms with E-state index in [2.05, 4.69) is 4.98 Å². The summed E-state index contributed by atoms with van der Waals surface area (Å²) in [5.74, 6) is -3.04. The molecule has 8 heteroatoms. The van der Waals surface area contributed by atoms with Crippen LogP contribution in [0.2, 0.25) is 0 Å². The van der Waals surface area contributed by atoms with Gasteiger partial charge in [-0.2, -0.15) is 0 Å². The Morgan fingerprint density at radius 3 is 2.68 bits per heavy atom. The highest BCUT2D eigenvalue weighted by atomic mass is 19.3. The summed E-state index contributed by atoms with van der Waals surface area (Å²) in [6.45, 7) is 0.721. The number of rotatable bonds is 3. The minimum absolute atomic E-state index is 0.0314. The summed E-state index contributed by atoms with van der Waals surface area (Å²) < 4.78 is 31.6. The minimum atomic E-state index is -2.66. The average molecular weight is 353 g/mol. The zero-order valence-corrected chi connectivity index (χ0v) is 14.1. The van der Waals surface area contributed by atoms with E-state index < -0.39 is 11.8 Å². The van der Waals surface area contributed by atoms with Gasteiger partial charge in [-0.15, -0.1) is 0 Å². The molecule has 0 aromatic carbocycles.